The van der Waals surface area contributed by atoms with Crippen LogP contribution >= 0.6 is 22.6 Å². The molecule has 0 aliphatic carbocycles. The van der Waals surface area contributed by atoms with Gasteiger partial charge in [-0.15, -0.1) is 0 Å². The molecular formula is C12H16FIN2. The van der Waals surface area contributed by atoms with Gasteiger partial charge < -0.3 is 5.32 Å². The topological polar surface area (TPSA) is 15.3 Å². The fourth-order valence-electron chi connectivity index (χ4n) is 2.11. The smallest absolute Gasteiger partial charge is 0.109 e. The van der Waals surface area contributed by atoms with Crippen LogP contribution in [0.2, 0.25) is 0 Å². The maximum atomic E-state index is 13.2. The van der Waals surface area contributed by atoms with Gasteiger partial charge in [0.1, 0.15) is 6.67 Å². The Labute approximate surface area is 109 Å². The van der Waals surface area contributed by atoms with E-state index in [1.165, 1.54) is 3.57 Å². The molecule has 0 unspecified atom stereocenters. The minimum Gasteiger partial charge on any atom is -0.314 e. The molecule has 1 aromatic rings. The number of nitrogens with one attached hydrogen (secondary N) is 1. The minimum absolute atomic E-state index is 0.0724. The third kappa shape index (κ3) is 2.93. The van der Waals surface area contributed by atoms with Crippen molar-refractivity contribution < 1.29 is 4.39 Å². The lowest BCUT2D eigenvalue weighted by Gasteiger charge is -2.33. The van der Waals surface area contributed by atoms with Crippen LogP contribution in [-0.4, -0.2) is 37.8 Å². The van der Waals surface area contributed by atoms with Gasteiger partial charge >= 0.3 is 0 Å². The quantitative estimate of drug-likeness (QED) is 0.853. The second kappa shape index (κ2) is 5.93. The number of piperazine rings is 1. The molecule has 0 bridgehead atoms. The molecule has 1 aliphatic rings. The Balaban J connectivity index is 2.14. The maximum absolute atomic E-state index is 13.2. The van der Waals surface area contributed by atoms with Gasteiger partial charge in [0, 0.05) is 29.7 Å². The van der Waals surface area contributed by atoms with Crippen molar-refractivity contribution in [3.63, 3.8) is 0 Å². The Hall–Kier alpha value is -0.200. The van der Waals surface area contributed by atoms with Crippen molar-refractivity contribution in [1.82, 2.24) is 10.2 Å². The number of hydrogen-bond acceptors (Lipinski definition) is 2. The van der Waals surface area contributed by atoms with E-state index < -0.39 is 0 Å². The van der Waals surface area contributed by atoms with Gasteiger partial charge in [-0.25, -0.2) is 4.39 Å². The molecule has 1 heterocycles. The molecule has 1 fully saturated rings. The van der Waals surface area contributed by atoms with Crippen molar-refractivity contribution in [3.05, 3.63) is 33.4 Å². The molecular weight excluding hydrogens is 318 g/mol. The maximum Gasteiger partial charge on any atom is 0.109 e. The third-order valence-electron chi connectivity index (χ3n) is 2.97. The molecule has 4 heteroatoms. The first-order valence-electron chi connectivity index (χ1n) is 5.57. The van der Waals surface area contributed by atoms with Crippen molar-refractivity contribution in [2.45, 2.75) is 6.04 Å². The number of rotatable bonds is 3. The normalized spacial score (nSPS) is 19.6. The molecule has 2 nitrogen and oxygen atoms in total. The number of benzene rings is 1. The summed E-state index contributed by atoms with van der Waals surface area (Å²) in [4.78, 5) is 2.22. The van der Waals surface area contributed by atoms with Gasteiger partial charge in [-0.05, 0) is 40.3 Å². The van der Waals surface area contributed by atoms with Crippen molar-refractivity contribution in [2.24, 2.45) is 0 Å². The second-order valence-corrected chi connectivity index (χ2v) is 5.26. The summed E-state index contributed by atoms with van der Waals surface area (Å²) in [6.07, 6.45) is 0. The summed E-state index contributed by atoms with van der Waals surface area (Å²) >= 11 is 2.27. The fraction of sp³-hybridized carbons (Fsp3) is 0.500. The SMILES string of the molecule is FC[C@@H](c1cccc(I)c1)N1CCNCC1. The molecule has 0 radical (unpaired) electrons. The first-order valence-corrected chi connectivity index (χ1v) is 6.65. The molecule has 1 aliphatic heterocycles. The molecule has 0 aromatic heterocycles. The summed E-state index contributed by atoms with van der Waals surface area (Å²) in [6.45, 7) is 3.47. The van der Waals surface area contributed by atoms with Crippen LogP contribution in [0.15, 0.2) is 24.3 Å². The van der Waals surface area contributed by atoms with Gasteiger partial charge in [-0.3, -0.25) is 4.90 Å². The zero-order chi connectivity index (χ0) is 11.4. The molecule has 0 saturated carbocycles. The van der Waals surface area contributed by atoms with Gasteiger partial charge in [-0.2, -0.15) is 0 Å². The van der Waals surface area contributed by atoms with E-state index >= 15 is 0 Å². The van der Waals surface area contributed by atoms with Gasteiger partial charge in [0.2, 0.25) is 0 Å². The second-order valence-electron chi connectivity index (χ2n) is 4.01. The zero-order valence-corrected chi connectivity index (χ0v) is 11.3. The highest BCUT2D eigenvalue weighted by atomic mass is 127. The van der Waals surface area contributed by atoms with Crippen LogP contribution in [-0.2, 0) is 0 Å². The summed E-state index contributed by atoms with van der Waals surface area (Å²) in [5, 5.41) is 3.29. The van der Waals surface area contributed by atoms with Crippen LogP contribution in [0, 0.1) is 3.57 Å². The Kier molecular flexibility index (Phi) is 4.55. The summed E-state index contributed by atoms with van der Waals surface area (Å²) in [5.74, 6) is 0. The molecule has 1 saturated heterocycles. The average Bonchev–Trinajstić information content (AvgIpc) is 2.31. The standard InChI is InChI=1S/C12H16FIN2/c13-9-12(16-6-4-15-5-7-16)10-2-1-3-11(14)8-10/h1-3,8,12,15H,4-7,9H2/t12-/m0/s1. The van der Waals surface area contributed by atoms with E-state index in [-0.39, 0.29) is 12.7 Å². The van der Waals surface area contributed by atoms with E-state index in [1.807, 2.05) is 18.2 Å². The van der Waals surface area contributed by atoms with Gasteiger partial charge in [-0.1, -0.05) is 12.1 Å². The molecule has 0 amide bonds. The minimum atomic E-state index is -0.305. The molecule has 1 atom stereocenters. The first kappa shape index (κ1) is 12.3. The Morgan fingerprint density at radius 1 is 1.38 bits per heavy atom. The molecule has 1 aromatic carbocycles. The highest BCUT2D eigenvalue weighted by molar-refractivity contribution is 14.1. The number of nitrogens with zero attached hydrogens (tertiary/aromatic N) is 1. The lowest BCUT2D eigenvalue weighted by Crippen LogP contribution is -2.45. The van der Waals surface area contributed by atoms with Crippen molar-refractivity contribution in [3.8, 4) is 0 Å². The van der Waals surface area contributed by atoms with Gasteiger partial charge in [0.05, 0.1) is 6.04 Å². The predicted octanol–water partition coefficient (Wildman–Crippen LogP) is 2.21. The van der Waals surface area contributed by atoms with Crippen molar-refractivity contribution in [2.75, 3.05) is 32.9 Å². The predicted molar refractivity (Wildman–Crippen MR) is 72.3 cm³/mol. The molecule has 1 N–H and O–H groups in total. The van der Waals surface area contributed by atoms with Crippen molar-refractivity contribution >= 4 is 22.6 Å². The Morgan fingerprint density at radius 3 is 2.75 bits per heavy atom. The molecule has 2 rings (SSSR count). The summed E-state index contributed by atoms with van der Waals surface area (Å²) in [5.41, 5.74) is 1.09. The largest absolute Gasteiger partial charge is 0.314 e. The van der Waals surface area contributed by atoms with E-state index in [0.717, 1.165) is 31.7 Å². The Bertz CT molecular complexity index is 340. The molecule has 88 valence electrons. The van der Waals surface area contributed by atoms with E-state index in [9.17, 15) is 4.39 Å². The van der Waals surface area contributed by atoms with Gasteiger partial charge in [0.25, 0.3) is 0 Å². The third-order valence-corrected chi connectivity index (χ3v) is 3.64. The molecule has 0 spiro atoms. The highest BCUT2D eigenvalue weighted by Gasteiger charge is 2.21. The number of hydrogen-bond donors (Lipinski definition) is 1. The van der Waals surface area contributed by atoms with E-state index in [4.69, 9.17) is 0 Å². The van der Waals surface area contributed by atoms with E-state index in [0.29, 0.717) is 0 Å². The Morgan fingerprint density at radius 2 is 2.12 bits per heavy atom. The zero-order valence-electron chi connectivity index (χ0n) is 9.13. The van der Waals surface area contributed by atoms with Gasteiger partial charge in [0.15, 0.2) is 0 Å². The van der Waals surface area contributed by atoms with Crippen LogP contribution in [0.4, 0.5) is 4.39 Å². The summed E-state index contributed by atoms with van der Waals surface area (Å²) < 4.78 is 14.4. The lowest BCUT2D eigenvalue weighted by molar-refractivity contribution is 0.147. The van der Waals surface area contributed by atoms with Crippen LogP contribution in [0.5, 0.6) is 0 Å². The fourth-order valence-corrected chi connectivity index (χ4v) is 2.67. The monoisotopic (exact) mass is 334 g/mol. The first-order chi connectivity index (χ1) is 7.81. The molecule has 16 heavy (non-hydrogen) atoms. The van der Waals surface area contributed by atoms with Crippen LogP contribution < -0.4 is 5.32 Å². The van der Waals surface area contributed by atoms with Crippen LogP contribution in [0.1, 0.15) is 11.6 Å². The number of alkyl halides is 1. The lowest BCUT2D eigenvalue weighted by atomic mass is 10.1. The highest BCUT2D eigenvalue weighted by Crippen LogP contribution is 2.23. The van der Waals surface area contributed by atoms with E-state index in [1.54, 1.807) is 0 Å². The van der Waals surface area contributed by atoms with Crippen LogP contribution in [0.25, 0.3) is 0 Å². The summed E-state index contributed by atoms with van der Waals surface area (Å²) in [7, 11) is 0. The number of halogens is 2. The van der Waals surface area contributed by atoms with Crippen molar-refractivity contribution in [1.29, 1.82) is 0 Å². The van der Waals surface area contributed by atoms with E-state index in [2.05, 4.69) is 38.9 Å². The summed E-state index contributed by atoms with van der Waals surface area (Å²) in [6, 6.07) is 8.07. The van der Waals surface area contributed by atoms with Crippen LogP contribution in [0.3, 0.4) is 0 Å². The average molecular weight is 334 g/mol.